The molecule has 0 spiro atoms. The van der Waals surface area contributed by atoms with Gasteiger partial charge in [0.25, 0.3) is 0 Å². The van der Waals surface area contributed by atoms with Crippen LogP contribution in [0.4, 0.5) is 0 Å². The van der Waals surface area contributed by atoms with Gasteiger partial charge in [-0.05, 0) is 19.4 Å². The molecule has 0 amide bonds. The fraction of sp³-hybridized carbons (Fsp3) is 1.00. The molecule has 2 fully saturated rings. The Morgan fingerprint density at radius 1 is 1.50 bits per heavy atom. The van der Waals surface area contributed by atoms with Gasteiger partial charge in [0.2, 0.25) is 0 Å². The molecule has 2 aliphatic rings. The highest BCUT2D eigenvalue weighted by Gasteiger charge is 2.44. The Hall–Kier alpha value is -0.120. The molecule has 2 aliphatic heterocycles. The van der Waals surface area contributed by atoms with Crippen LogP contribution in [0, 0.1) is 0 Å². The second kappa shape index (κ2) is 2.19. The van der Waals surface area contributed by atoms with Crippen molar-refractivity contribution in [1.29, 1.82) is 0 Å². The Kier molecular flexibility index (Phi) is 1.44. The number of rotatable bonds is 1. The van der Waals surface area contributed by atoms with Crippen LogP contribution in [-0.2, 0) is 4.74 Å². The van der Waals surface area contributed by atoms with E-state index in [0.29, 0.717) is 19.3 Å². The Bertz CT molecular complexity index is 128. The van der Waals surface area contributed by atoms with Crippen molar-refractivity contribution in [3.8, 4) is 0 Å². The summed E-state index contributed by atoms with van der Waals surface area (Å²) in [5.41, 5.74) is -0.531. The lowest BCUT2D eigenvalue weighted by Gasteiger charge is -2.41. The fourth-order valence-electron chi connectivity index (χ4n) is 1.66. The molecule has 0 aromatic heterocycles. The van der Waals surface area contributed by atoms with E-state index in [4.69, 9.17) is 4.74 Å². The molecule has 1 atom stereocenters. The predicted octanol–water partition coefficient (Wildman–Crippen LogP) is -0.500. The Balaban J connectivity index is 1.96. The Labute approximate surface area is 60.4 Å². The first-order valence-corrected chi connectivity index (χ1v) is 3.85. The summed E-state index contributed by atoms with van der Waals surface area (Å²) in [5.74, 6) is 0. The van der Waals surface area contributed by atoms with E-state index in [1.54, 1.807) is 0 Å². The third kappa shape index (κ3) is 0.856. The number of ether oxygens (including phenoxy) is 1. The molecular weight excluding hydrogens is 130 g/mol. The number of hydrogen-bond donors (Lipinski definition) is 2. The molecule has 2 N–H and O–H groups in total. The number of hydrogen-bond acceptors (Lipinski definition) is 3. The van der Waals surface area contributed by atoms with Gasteiger partial charge >= 0.3 is 0 Å². The van der Waals surface area contributed by atoms with Crippen LogP contribution in [0.5, 0.6) is 0 Å². The molecule has 0 radical (unpaired) electrons. The van der Waals surface area contributed by atoms with Crippen LogP contribution in [0.15, 0.2) is 0 Å². The molecule has 0 unspecified atom stereocenters. The van der Waals surface area contributed by atoms with Gasteiger partial charge in [-0.2, -0.15) is 0 Å². The summed E-state index contributed by atoms with van der Waals surface area (Å²) in [7, 11) is 0. The topological polar surface area (TPSA) is 41.5 Å². The van der Waals surface area contributed by atoms with E-state index in [1.807, 2.05) is 0 Å². The maximum absolute atomic E-state index is 9.72. The van der Waals surface area contributed by atoms with Crippen molar-refractivity contribution in [3.63, 3.8) is 0 Å². The molecule has 2 heterocycles. The smallest absolute Gasteiger partial charge is 0.126 e. The van der Waals surface area contributed by atoms with Gasteiger partial charge in [0, 0.05) is 6.04 Å². The second-order valence-electron chi connectivity index (χ2n) is 3.25. The van der Waals surface area contributed by atoms with Gasteiger partial charge in [0.05, 0.1) is 13.2 Å². The standard InChI is InChI=1S/C7H13NO2/c9-7(4-10-5-7)6-2-1-3-8-6/h6,8-9H,1-5H2/t6-/m1/s1. The van der Waals surface area contributed by atoms with Crippen molar-refractivity contribution in [2.45, 2.75) is 24.5 Å². The largest absolute Gasteiger partial charge is 0.383 e. The van der Waals surface area contributed by atoms with Crippen molar-refractivity contribution in [2.75, 3.05) is 19.8 Å². The van der Waals surface area contributed by atoms with Crippen LogP contribution >= 0.6 is 0 Å². The molecule has 0 aromatic rings. The highest BCUT2D eigenvalue weighted by atomic mass is 16.5. The van der Waals surface area contributed by atoms with Gasteiger partial charge < -0.3 is 15.2 Å². The third-order valence-electron chi connectivity index (χ3n) is 2.41. The minimum Gasteiger partial charge on any atom is -0.383 e. The Morgan fingerprint density at radius 2 is 2.30 bits per heavy atom. The quantitative estimate of drug-likeness (QED) is 0.520. The fourth-order valence-corrected chi connectivity index (χ4v) is 1.66. The molecule has 3 nitrogen and oxygen atoms in total. The summed E-state index contributed by atoms with van der Waals surface area (Å²) in [6.45, 7) is 2.09. The van der Waals surface area contributed by atoms with Gasteiger partial charge in [0.15, 0.2) is 0 Å². The summed E-state index contributed by atoms with van der Waals surface area (Å²) in [4.78, 5) is 0. The zero-order valence-corrected chi connectivity index (χ0v) is 5.97. The highest BCUT2D eigenvalue weighted by Crippen LogP contribution is 2.26. The monoisotopic (exact) mass is 143 g/mol. The van der Waals surface area contributed by atoms with Crippen molar-refractivity contribution in [2.24, 2.45) is 0 Å². The van der Waals surface area contributed by atoms with Gasteiger partial charge in [0.1, 0.15) is 5.60 Å². The zero-order chi connectivity index (χ0) is 7.03. The molecule has 0 aromatic carbocycles. The number of aliphatic hydroxyl groups is 1. The molecule has 2 rings (SSSR count). The summed E-state index contributed by atoms with van der Waals surface area (Å²) in [5, 5.41) is 13.0. The molecule has 58 valence electrons. The first-order valence-electron chi connectivity index (χ1n) is 3.85. The van der Waals surface area contributed by atoms with Crippen LogP contribution < -0.4 is 5.32 Å². The zero-order valence-electron chi connectivity index (χ0n) is 5.97. The first-order chi connectivity index (χ1) is 4.81. The molecule has 3 heteroatoms. The van der Waals surface area contributed by atoms with Crippen molar-refractivity contribution in [3.05, 3.63) is 0 Å². The lowest BCUT2D eigenvalue weighted by molar-refractivity contribution is -0.192. The average Bonchev–Trinajstić information content (AvgIpc) is 2.33. The van der Waals surface area contributed by atoms with Crippen molar-refractivity contribution < 1.29 is 9.84 Å². The summed E-state index contributed by atoms with van der Waals surface area (Å²) < 4.78 is 4.96. The van der Waals surface area contributed by atoms with Gasteiger partial charge in [-0.3, -0.25) is 0 Å². The van der Waals surface area contributed by atoms with Crippen LogP contribution in [0.2, 0.25) is 0 Å². The molecule has 0 bridgehead atoms. The van der Waals surface area contributed by atoms with Crippen LogP contribution in [0.3, 0.4) is 0 Å². The van der Waals surface area contributed by atoms with Crippen molar-refractivity contribution in [1.82, 2.24) is 5.32 Å². The maximum atomic E-state index is 9.72. The SMILES string of the molecule is OC1([C@H]2CCCN2)COC1. The number of nitrogens with one attached hydrogen (secondary N) is 1. The predicted molar refractivity (Wildman–Crippen MR) is 36.8 cm³/mol. The summed E-state index contributed by atoms with van der Waals surface area (Å²) in [6.07, 6.45) is 2.28. The van der Waals surface area contributed by atoms with Gasteiger partial charge in [-0.1, -0.05) is 0 Å². The summed E-state index contributed by atoms with van der Waals surface area (Å²) >= 11 is 0. The average molecular weight is 143 g/mol. The minimum absolute atomic E-state index is 0.293. The van der Waals surface area contributed by atoms with E-state index in [-0.39, 0.29) is 0 Å². The molecule has 10 heavy (non-hydrogen) atoms. The van der Waals surface area contributed by atoms with E-state index in [2.05, 4.69) is 5.32 Å². The maximum Gasteiger partial charge on any atom is 0.126 e. The van der Waals surface area contributed by atoms with E-state index in [1.165, 1.54) is 6.42 Å². The third-order valence-corrected chi connectivity index (χ3v) is 2.41. The van der Waals surface area contributed by atoms with Crippen LogP contribution in [0.1, 0.15) is 12.8 Å². The highest BCUT2D eigenvalue weighted by molar-refractivity contribution is 4.98. The molecule has 2 saturated heterocycles. The molecule has 0 aliphatic carbocycles. The van der Waals surface area contributed by atoms with Gasteiger partial charge in [-0.15, -0.1) is 0 Å². The van der Waals surface area contributed by atoms with Crippen LogP contribution in [0.25, 0.3) is 0 Å². The molecular formula is C7H13NO2. The normalized spacial score (nSPS) is 37.5. The second-order valence-corrected chi connectivity index (χ2v) is 3.25. The lowest BCUT2D eigenvalue weighted by Crippen LogP contribution is -2.61. The summed E-state index contributed by atoms with van der Waals surface area (Å²) in [6, 6.07) is 0.293. The minimum atomic E-state index is -0.531. The van der Waals surface area contributed by atoms with E-state index >= 15 is 0 Å². The van der Waals surface area contributed by atoms with E-state index in [9.17, 15) is 5.11 Å². The van der Waals surface area contributed by atoms with Crippen molar-refractivity contribution >= 4 is 0 Å². The van der Waals surface area contributed by atoms with E-state index in [0.717, 1.165) is 13.0 Å². The molecule has 0 saturated carbocycles. The van der Waals surface area contributed by atoms with Gasteiger partial charge in [-0.25, -0.2) is 0 Å². The van der Waals surface area contributed by atoms with E-state index < -0.39 is 5.60 Å². The lowest BCUT2D eigenvalue weighted by atomic mass is 9.91. The first kappa shape index (κ1) is 6.58. The van der Waals surface area contributed by atoms with Crippen LogP contribution in [-0.4, -0.2) is 36.5 Å². The Morgan fingerprint density at radius 3 is 2.70 bits per heavy atom.